The van der Waals surface area contributed by atoms with E-state index < -0.39 is 0 Å². The number of halogens is 2. The highest BCUT2D eigenvalue weighted by molar-refractivity contribution is 6.31. The van der Waals surface area contributed by atoms with Crippen molar-refractivity contribution in [3.05, 3.63) is 52.6 Å². The average molecular weight is 365 g/mol. The summed E-state index contributed by atoms with van der Waals surface area (Å²) in [7, 11) is 0. The fourth-order valence-corrected chi connectivity index (χ4v) is 3.27. The zero-order chi connectivity index (χ0) is 18.0. The van der Waals surface area contributed by atoms with Crippen LogP contribution in [0.15, 0.2) is 30.5 Å². The molecule has 25 heavy (non-hydrogen) atoms. The van der Waals surface area contributed by atoms with E-state index in [9.17, 15) is 9.18 Å². The monoisotopic (exact) mass is 364 g/mol. The molecule has 3 rings (SSSR count). The Morgan fingerprint density at radius 2 is 1.88 bits per heavy atom. The summed E-state index contributed by atoms with van der Waals surface area (Å²) in [5.74, 6) is -0.161. The van der Waals surface area contributed by atoms with Gasteiger partial charge in [0.05, 0.1) is 16.9 Å². The predicted octanol–water partition coefficient (Wildman–Crippen LogP) is 2.89. The van der Waals surface area contributed by atoms with Gasteiger partial charge in [0.15, 0.2) is 0 Å². The fourth-order valence-electron chi connectivity index (χ4n) is 3.14. The van der Waals surface area contributed by atoms with Crippen molar-refractivity contribution in [2.75, 3.05) is 26.2 Å². The Morgan fingerprint density at radius 1 is 1.24 bits per heavy atom. The van der Waals surface area contributed by atoms with Gasteiger partial charge in [-0.05, 0) is 31.5 Å². The number of piperazine rings is 1. The maximum Gasteiger partial charge on any atom is 0.247 e. The minimum Gasteiger partial charge on any atom is -0.338 e. The smallest absolute Gasteiger partial charge is 0.247 e. The molecule has 0 aliphatic carbocycles. The van der Waals surface area contributed by atoms with Crippen molar-refractivity contribution in [3.63, 3.8) is 0 Å². The second kappa shape index (κ2) is 7.54. The van der Waals surface area contributed by atoms with Gasteiger partial charge < -0.3 is 4.90 Å². The van der Waals surface area contributed by atoms with Gasteiger partial charge in [0.25, 0.3) is 0 Å². The highest BCUT2D eigenvalue weighted by Crippen LogP contribution is 2.20. The van der Waals surface area contributed by atoms with Crippen LogP contribution in [-0.4, -0.2) is 51.7 Å². The van der Waals surface area contributed by atoms with Crippen molar-refractivity contribution >= 4 is 17.5 Å². The summed E-state index contributed by atoms with van der Waals surface area (Å²) in [4.78, 5) is 16.9. The minimum absolute atomic E-state index is 0.0595. The van der Waals surface area contributed by atoms with Crippen LogP contribution >= 0.6 is 11.6 Å². The molecule has 1 aliphatic rings. The summed E-state index contributed by atoms with van der Waals surface area (Å²) in [6.07, 6.45) is 1.57. The first-order valence-electron chi connectivity index (χ1n) is 8.41. The number of rotatable bonds is 4. The van der Waals surface area contributed by atoms with Gasteiger partial charge in [-0.25, -0.2) is 4.39 Å². The third kappa shape index (κ3) is 4.02. The molecule has 1 fully saturated rings. The zero-order valence-corrected chi connectivity index (χ0v) is 15.2. The first-order chi connectivity index (χ1) is 12.0. The number of hydrogen-bond donors (Lipinski definition) is 0. The lowest BCUT2D eigenvalue weighted by Crippen LogP contribution is -2.50. The number of carbonyl (C=O) groups is 1. The summed E-state index contributed by atoms with van der Waals surface area (Å²) in [5, 5.41) is 4.78. The molecule has 1 aliphatic heterocycles. The van der Waals surface area contributed by atoms with Crippen LogP contribution in [0.4, 0.5) is 4.39 Å². The van der Waals surface area contributed by atoms with Crippen molar-refractivity contribution in [1.82, 2.24) is 19.6 Å². The van der Waals surface area contributed by atoms with Gasteiger partial charge in [0.2, 0.25) is 5.91 Å². The van der Waals surface area contributed by atoms with Crippen LogP contribution in [0.5, 0.6) is 0 Å². The Labute approximate surface area is 152 Å². The normalized spacial score (nSPS) is 16.9. The minimum atomic E-state index is -0.365. The molecule has 1 aromatic heterocycles. The molecule has 0 saturated carbocycles. The Bertz CT molecular complexity index is 738. The van der Waals surface area contributed by atoms with Crippen LogP contribution in [0.1, 0.15) is 24.2 Å². The Balaban J connectivity index is 1.55. The molecule has 0 bridgehead atoms. The molecule has 0 radical (unpaired) electrons. The maximum atomic E-state index is 13.0. The predicted molar refractivity (Wildman–Crippen MR) is 94.9 cm³/mol. The molecule has 2 heterocycles. The second-order valence-electron chi connectivity index (χ2n) is 6.43. The molecule has 1 unspecified atom stereocenters. The van der Waals surface area contributed by atoms with Gasteiger partial charge in [0, 0.05) is 32.7 Å². The highest BCUT2D eigenvalue weighted by atomic mass is 35.5. The van der Waals surface area contributed by atoms with Crippen molar-refractivity contribution in [2.24, 2.45) is 0 Å². The van der Waals surface area contributed by atoms with E-state index in [1.807, 2.05) is 18.7 Å². The van der Waals surface area contributed by atoms with Gasteiger partial charge in [-0.15, -0.1) is 0 Å². The topological polar surface area (TPSA) is 41.4 Å². The fraction of sp³-hybridized carbons (Fsp3) is 0.444. The molecule has 1 aromatic carbocycles. The number of aromatic nitrogens is 2. The van der Waals surface area contributed by atoms with Crippen LogP contribution in [0, 0.1) is 12.7 Å². The number of amides is 1. The molecular weight excluding hydrogens is 343 g/mol. The van der Waals surface area contributed by atoms with Crippen LogP contribution in [0.3, 0.4) is 0 Å². The summed E-state index contributed by atoms with van der Waals surface area (Å²) in [6, 6.07) is 6.21. The molecule has 5 nitrogen and oxygen atoms in total. The van der Waals surface area contributed by atoms with E-state index >= 15 is 0 Å². The summed E-state index contributed by atoms with van der Waals surface area (Å²) in [5.41, 5.74) is 1.88. The lowest BCUT2D eigenvalue weighted by atomic mass is 10.2. The highest BCUT2D eigenvalue weighted by Gasteiger charge is 2.27. The van der Waals surface area contributed by atoms with Gasteiger partial charge in [-0.2, -0.15) is 5.10 Å². The van der Waals surface area contributed by atoms with E-state index in [-0.39, 0.29) is 17.8 Å². The molecule has 1 amide bonds. The molecule has 7 heteroatoms. The van der Waals surface area contributed by atoms with Crippen LogP contribution < -0.4 is 0 Å². The van der Waals surface area contributed by atoms with E-state index in [2.05, 4.69) is 10.00 Å². The summed E-state index contributed by atoms with van der Waals surface area (Å²) in [6.45, 7) is 7.44. The molecule has 1 saturated heterocycles. The number of hydrogen-bond acceptors (Lipinski definition) is 3. The first kappa shape index (κ1) is 17.9. The molecule has 2 aromatic rings. The second-order valence-corrected chi connectivity index (χ2v) is 6.83. The SMILES string of the molecule is Cc1c(Cl)cnn1C(C)C(=O)N1CCN(Cc2ccc(F)cc2)CC1. The van der Waals surface area contributed by atoms with Gasteiger partial charge >= 0.3 is 0 Å². The Hall–Kier alpha value is -1.92. The molecule has 134 valence electrons. The van der Waals surface area contributed by atoms with E-state index in [1.165, 1.54) is 12.1 Å². The number of carbonyl (C=O) groups excluding carboxylic acids is 1. The van der Waals surface area contributed by atoms with Crippen molar-refractivity contribution < 1.29 is 9.18 Å². The third-order valence-corrected chi connectivity index (χ3v) is 5.08. The van der Waals surface area contributed by atoms with E-state index in [0.717, 1.165) is 30.9 Å². The third-order valence-electron chi connectivity index (χ3n) is 4.71. The van der Waals surface area contributed by atoms with Gasteiger partial charge in [-0.1, -0.05) is 23.7 Å². The van der Waals surface area contributed by atoms with Gasteiger partial charge in [0.1, 0.15) is 11.9 Å². The Morgan fingerprint density at radius 3 is 2.44 bits per heavy atom. The molecule has 0 spiro atoms. The van der Waals surface area contributed by atoms with Crippen LogP contribution in [0.25, 0.3) is 0 Å². The summed E-state index contributed by atoms with van der Waals surface area (Å²) < 4.78 is 14.7. The summed E-state index contributed by atoms with van der Waals surface area (Å²) >= 11 is 6.03. The van der Waals surface area contributed by atoms with Crippen molar-refractivity contribution in [3.8, 4) is 0 Å². The number of nitrogens with zero attached hydrogens (tertiary/aromatic N) is 4. The average Bonchev–Trinajstić information content (AvgIpc) is 2.95. The number of benzene rings is 1. The zero-order valence-electron chi connectivity index (χ0n) is 14.5. The van der Waals surface area contributed by atoms with Gasteiger partial charge in [-0.3, -0.25) is 14.4 Å². The Kier molecular flexibility index (Phi) is 5.39. The van der Waals surface area contributed by atoms with E-state index in [0.29, 0.717) is 18.1 Å². The molecule has 0 N–H and O–H groups in total. The van der Waals surface area contributed by atoms with E-state index in [1.54, 1.807) is 23.0 Å². The first-order valence-corrected chi connectivity index (χ1v) is 8.78. The van der Waals surface area contributed by atoms with Crippen molar-refractivity contribution in [2.45, 2.75) is 26.4 Å². The van der Waals surface area contributed by atoms with Crippen molar-refractivity contribution in [1.29, 1.82) is 0 Å². The molecule has 1 atom stereocenters. The lowest BCUT2D eigenvalue weighted by molar-refractivity contribution is -0.136. The van der Waals surface area contributed by atoms with Crippen LogP contribution in [0.2, 0.25) is 5.02 Å². The van der Waals surface area contributed by atoms with Crippen LogP contribution in [-0.2, 0) is 11.3 Å². The standard InChI is InChI=1S/C18H22ClFN4O/c1-13-17(19)11-21-24(13)14(2)18(25)23-9-7-22(8-10-23)12-15-3-5-16(20)6-4-15/h3-6,11,14H,7-10,12H2,1-2H3. The largest absolute Gasteiger partial charge is 0.338 e. The van der Waals surface area contributed by atoms with E-state index in [4.69, 9.17) is 11.6 Å². The lowest BCUT2D eigenvalue weighted by Gasteiger charge is -2.36. The quantitative estimate of drug-likeness (QED) is 0.837. The molecular formula is C18H22ClFN4O. The maximum absolute atomic E-state index is 13.0.